The maximum Gasteiger partial charge on any atom is 0.304 e. The zero-order valence-corrected chi connectivity index (χ0v) is 11.7. The Morgan fingerprint density at radius 1 is 1.55 bits per heavy atom. The van der Waals surface area contributed by atoms with Crippen molar-refractivity contribution in [3.8, 4) is 10.7 Å². The standard InChI is InChI=1S/C13H15N3O3S/c17-12(18)5-6-16(9-3-4-9)8-11-14-13(15-19-11)10-2-1-7-20-10/h1-2,7,9H,3-6,8H2,(H,17,18). The number of hydrogen-bond acceptors (Lipinski definition) is 6. The van der Waals surface area contributed by atoms with Crippen LogP contribution in [-0.2, 0) is 11.3 Å². The van der Waals surface area contributed by atoms with Crippen molar-refractivity contribution in [3.63, 3.8) is 0 Å². The lowest BCUT2D eigenvalue weighted by molar-refractivity contribution is -0.137. The SMILES string of the molecule is O=C(O)CCN(Cc1nc(-c2cccs2)no1)C1CC1. The van der Waals surface area contributed by atoms with Crippen molar-refractivity contribution >= 4 is 17.3 Å². The van der Waals surface area contributed by atoms with E-state index in [2.05, 4.69) is 15.0 Å². The summed E-state index contributed by atoms with van der Waals surface area (Å²) in [6.45, 7) is 1.05. The van der Waals surface area contributed by atoms with Crippen LogP contribution < -0.4 is 0 Å². The van der Waals surface area contributed by atoms with Gasteiger partial charge in [0.1, 0.15) is 0 Å². The largest absolute Gasteiger partial charge is 0.481 e. The molecule has 1 fully saturated rings. The average molecular weight is 293 g/mol. The number of aliphatic carboxylic acids is 1. The maximum atomic E-state index is 10.7. The molecule has 0 spiro atoms. The Morgan fingerprint density at radius 2 is 2.40 bits per heavy atom. The van der Waals surface area contributed by atoms with E-state index in [1.165, 1.54) is 0 Å². The molecule has 0 aliphatic heterocycles. The highest BCUT2D eigenvalue weighted by Gasteiger charge is 2.30. The zero-order valence-electron chi connectivity index (χ0n) is 10.9. The zero-order chi connectivity index (χ0) is 13.9. The van der Waals surface area contributed by atoms with E-state index >= 15 is 0 Å². The number of aromatic nitrogens is 2. The van der Waals surface area contributed by atoms with Crippen LogP contribution in [0, 0.1) is 0 Å². The van der Waals surface area contributed by atoms with Crippen molar-refractivity contribution in [1.29, 1.82) is 0 Å². The maximum absolute atomic E-state index is 10.7. The van der Waals surface area contributed by atoms with E-state index in [-0.39, 0.29) is 6.42 Å². The minimum Gasteiger partial charge on any atom is -0.481 e. The van der Waals surface area contributed by atoms with Gasteiger partial charge in [-0.2, -0.15) is 4.98 Å². The van der Waals surface area contributed by atoms with Gasteiger partial charge in [0.05, 0.1) is 17.8 Å². The summed E-state index contributed by atoms with van der Waals surface area (Å²) in [7, 11) is 0. The van der Waals surface area contributed by atoms with Gasteiger partial charge in [-0.05, 0) is 24.3 Å². The van der Waals surface area contributed by atoms with Crippen molar-refractivity contribution in [2.24, 2.45) is 0 Å². The fourth-order valence-electron chi connectivity index (χ4n) is 2.07. The molecule has 20 heavy (non-hydrogen) atoms. The summed E-state index contributed by atoms with van der Waals surface area (Å²) in [5.41, 5.74) is 0. The van der Waals surface area contributed by atoms with E-state index in [1.807, 2.05) is 17.5 Å². The van der Waals surface area contributed by atoms with Crippen molar-refractivity contribution in [2.75, 3.05) is 6.54 Å². The minimum absolute atomic E-state index is 0.141. The Kier molecular flexibility index (Phi) is 3.79. The number of hydrogen-bond donors (Lipinski definition) is 1. The molecule has 0 radical (unpaired) electrons. The van der Waals surface area contributed by atoms with Crippen LogP contribution in [0.1, 0.15) is 25.2 Å². The van der Waals surface area contributed by atoms with Crippen LogP contribution in [0.5, 0.6) is 0 Å². The van der Waals surface area contributed by atoms with Gasteiger partial charge >= 0.3 is 5.97 Å². The fourth-order valence-corrected chi connectivity index (χ4v) is 2.72. The summed E-state index contributed by atoms with van der Waals surface area (Å²) in [5, 5.41) is 14.7. The number of nitrogens with zero attached hydrogens (tertiary/aromatic N) is 3. The molecule has 0 amide bonds. The van der Waals surface area contributed by atoms with E-state index in [4.69, 9.17) is 9.63 Å². The summed E-state index contributed by atoms with van der Waals surface area (Å²) in [6, 6.07) is 4.35. The first-order valence-electron chi connectivity index (χ1n) is 6.54. The summed E-state index contributed by atoms with van der Waals surface area (Å²) in [6.07, 6.45) is 2.37. The van der Waals surface area contributed by atoms with Gasteiger partial charge in [-0.3, -0.25) is 9.69 Å². The van der Waals surface area contributed by atoms with Crippen molar-refractivity contribution in [3.05, 3.63) is 23.4 Å². The third-order valence-corrected chi connectivity index (χ3v) is 4.09. The molecule has 0 unspecified atom stereocenters. The normalized spacial score (nSPS) is 14.8. The average Bonchev–Trinajstić information content (AvgIpc) is 2.93. The molecule has 7 heteroatoms. The highest BCUT2D eigenvalue weighted by Crippen LogP contribution is 2.29. The van der Waals surface area contributed by atoms with Crippen LogP contribution in [0.2, 0.25) is 0 Å². The number of thiophene rings is 1. The number of carbonyl (C=O) groups is 1. The number of rotatable bonds is 7. The molecule has 0 aromatic carbocycles. The lowest BCUT2D eigenvalue weighted by Crippen LogP contribution is -2.28. The van der Waals surface area contributed by atoms with Gasteiger partial charge in [0, 0.05) is 12.6 Å². The highest BCUT2D eigenvalue weighted by molar-refractivity contribution is 7.13. The predicted molar refractivity (Wildman–Crippen MR) is 73.3 cm³/mol. The third kappa shape index (κ3) is 3.23. The molecule has 2 heterocycles. The summed E-state index contributed by atoms with van der Waals surface area (Å²) in [4.78, 5) is 18.1. The van der Waals surface area contributed by atoms with Gasteiger partial charge in [0.25, 0.3) is 0 Å². The van der Waals surface area contributed by atoms with Gasteiger partial charge < -0.3 is 9.63 Å². The molecule has 1 N–H and O–H groups in total. The quantitative estimate of drug-likeness (QED) is 0.843. The molecule has 0 saturated heterocycles. The second-order valence-electron chi connectivity index (χ2n) is 4.83. The van der Waals surface area contributed by atoms with E-state index in [9.17, 15) is 4.79 Å². The molecule has 0 atom stereocenters. The van der Waals surface area contributed by atoms with Gasteiger partial charge in [0.2, 0.25) is 11.7 Å². The Morgan fingerprint density at radius 3 is 3.05 bits per heavy atom. The second kappa shape index (κ2) is 5.72. The van der Waals surface area contributed by atoms with Crippen LogP contribution in [0.25, 0.3) is 10.7 Å². The molecule has 1 aliphatic carbocycles. The topological polar surface area (TPSA) is 79.5 Å². The Hall–Kier alpha value is -1.73. The lowest BCUT2D eigenvalue weighted by Gasteiger charge is -2.18. The fraction of sp³-hybridized carbons (Fsp3) is 0.462. The molecule has 0 bridgehead atoms. The van der Waals surface area contributed by atoms with Crippen LogP contribution in [0.4, 0.5) is 0 Å². The minimum atomic E-state index is -0.777. The van der Waals surface area contributed by atoms with Crippen LogP contribution in [-0.4, -0.2) is 38.7 Å². The highest BCUT2D eigenvalue weighted by atomic mass is 32.1. The first-order chi connectivity index (χ1) is 9.72. The first kappa shape index (κ1) is 13.3. The van der Waals surface area contributed by atoms with Crippen LogP contribution in [0.3, 0.4) is 0 Å². The van der Waals surface area contributed by atoms with Crippen LogP contribution >= 0.6 is 11.3 Å². The summed E-state index contributed by atoms with van der Waals surface area (Å²) >= 11 is 1.56. The van der Waals surface area contributed by atoms with Gasteiger partial charge in [-0.1, -0.05) is 11.2 Å². The molecule has 2 aromatic heterocycles. The molecule has 6 nitrogen and oxygen atoms in total. The number of carboxylic acids is 1. The second-order valence-corrected chi connectivity index (χ2v) is 5.78. The van der Waals surface area contributed by atoms with Gasteiger partial charge in [-0.25, -0.2) is 0 Å². The van der Waals surface area contributed by atoms with Crippen molar-refractivity contribution in [2.45, 2.75) is 31.8 Å². The monoisotopic (exact) mass is 293 g/mol. The van der Waals surface area contributed by atoms with Crippen molar-refractivity contribution in [1.82, 2.24) is 15.0 Å². The van der Waals surface area contributed by atoms with Gasteiger partial charge in [-0.15, -0.1) is 11.3 Å². The molecule has 106 valence electrons. The Labute approximate surface area is 120 Å². The smallest absolute Gasteiger partial charge is 0.304 e. The lowest BCUT2D eigenvalue weighted by atomic mass is 10.3. The Balaban J connectivity index is 1.64. The first-order valence-corrected chi connectivity index (χ1v) is 7.42. The molecule has 1 aliphatic rings. The van der Waals surface area contributed by atoms with Crippen LogP contribution in [0.15, 0.2) is 22.0 Å². The van der Waals surface area contributed by atoms with E-state index in [0.29, 0.717) is 30.8 Å². The molecular weight excluding hydrogens is 278 g/mol. The van der Waals surface area contributed by atoms with E-state index < -0.39 is 5.97 Å². The van der Waals surface area contributed by atoms with Crippen molar-refractivity contribution < 1.29 is 14.4 Å². The van der Waals surface area contributed by atoms with E-state index in [1.54, 1.807) is 11.3 Å². The molecule has 1 saturated carbocycles. The van der Waals surface area contributed by atoms with Gasteiger partial charge in [0.15, 0.2) is 0 Å². The summed E-state index contributed by atoms with van der Waals surface area (Å²) < 4.78 is 5.26. The van der Waals surface area contributed by atoms with E-state index in [0.717, 1.165) is 17.7 Å². The molecule has 3 rings (SSSR count). The Bertz CT molecular complexity index is 577. The number of carboxylic acid groups (broad SMARTS) is 1. The molecular formula is C13H15N3O3S. The predicted octanol–water partition coefficient (Wildman–Crippen LogP) is 2.24. The molecule has 2 aromatic rings. The third-order valence-electron chi connectivity index (χ3n) is 3.22. The summed E-state index contributed by atoms with van der Waals surface area (Å²) in [5.74, 6) is 0.370.